The summed E-state index contributed by atoms with van der Waals surface area (Å²) in [5.74, 6) is -0.188. The summed E-state index contributed by atoms with van der Waals surface area (Å²) in [4.78, 5) is 29.8. The smallest absolute Gasteiger partial charge is 0.255 e. The van der Waals surface area contributed by atoms with Crippen molar-refractivity contribution < 1.29 is 14.3 Å². The third-order valence-electron chi connectivity index (χ3n) is 6.93. The largest absolute Gasteiger partial charge is 0.496 e. The van der Waals surface area contributed by atoms with Crippen molar-refractivity contribution in [2.24, 2.45) is 0 Å². The molecule has 3 atom stereocenters. The van der Waals surface area contributed by atoms with Gasteiger partial charge in [-0.2, -0.15) is 0 Å². The van der Waals surface area contributed by atoms with Crippen molar-refractivity contribution in [3.8, 4) is 5.75 Å². The molecule has 2 aromatic carbocycles. The summed E-state index contributed by atoms with van der Waals surface area (Å²) in [5.41, 5.74) is 2.30. The van der Waals surface area contributed by atoms with Crippen LogP contribution in [-0.4, -0.2) is 62.6 Å². The van der Waals surface area contributed by atoms with Crippen molar-refractivity contribution in [1.82, 2.24) is 15.5 Å². The Labute approximate surface area is 216 Å². The van der Waals surface area contributed by atoms with Crippen molar-refractivity contribution in [1.29, 1.82) is 0 Å². The van der Waals surface area contributed by atoms with Gasteiger partial charge in [0.25, 0.3) is 5.91 Å². The van der Waals surface area contributed by atoms with Gasteiger partial charge in [0.1, 0.15) is 5.75 Å². The quantitative estimate of drug-likeness (QED) is 0.550. The average molecular weight is 519 g/mol. The summed E-state index contributed by atoms with van der Waals surface area (Å²) < 4.78 is 5.37. The lowest BCUT2D eigenvalue weighted by Gasteiger charge is -2.39. The molecule has 2 N–H and O–H groups in total. The van der Waals surface area contributed by atoms with Crippen molar-refractivity contribution in [3.63, 3.8) is 0 Å². The zero-order chi connectivity index (χ0) is 25.1. The molecule has 35 heavy (non-hydrogen) atoms. The number of ether oxygens (including phenoxy) is 1. The molecule has 2 aliphatic heterocycles. The maximum absolute atomic E-state index is 12.7. The van der Waals surface area contributed by atoms with Gasteiger partial charge in [-0.05, 0) is 49.4 Å². The highest BCUT2D eigenvalue weighted by molar-refractivity contribution is 6.33. The van der Waals surface area contributed by atoms with Gasteiger partial charge in [0.15, 0.2) is 0 Å². The molecule has 0 aliphatic carbocycles. The Morgan fingerprint density at radius 2 is 1.74 bits per heavy atom. The van der Waals surface area contributed by atoms with Crippen LogP contribution in [0.1, 0.15) is 41.6 Å². The first-order valence-corrected chi connectivity index (χ1v) is 12.6. The molecule has 0 radical (unpaired) electrons. The van der Waals surface area contributed by atoms with Crippen LogP contribution in [0.2, 0.25) is 10.0 Å². The molecular formula is C26H32Cl2N4O3. The highest BCUT2D eigenvalue weighted by Gasteiger charge is 2.40. The van der Waals surface area contributed by atoms with Crippen LogP contribution in [0.25, 0.3) is 0 Å². The van der Waals surface area contributed by atoms with E-state index in [-0.39, 0.29) is 18.5 Å². The number of benzene rings is 2. The fourth-order valence-corrected chi connectivity index (χ4v) is 5.68. The number of piperidine rings is 1. The fourth-order valence-electron chi connectivity index (χ4n) is 5.22. The SMILES string of the molecule is COc1cc(N(C)C)c(Cl)cc1C(=O)NCC(=O)NC1C[C@H]2CC[C@@H](C1)N2Cc1ccc(Cl)cc1. The van der Waals surface area contributed by atoms with E-state index < -0.39 is 5.91 Å². The first kappa shape index (κ1) is 25.6. The summed E-state index contributed by atoms with van der Waals surface area (Å²) >= 11 is 12.3. The number of anilines is 1. The van der Waals surface area contributed by atoms with Crippen LogP contribution in [-0.2, 0) is 11.3 Å². The maximum Gasteiger partial charge on any atom is 0.255 e. The summed E-state index contributed by atoms with van der Waals surface area (Å²) in [7, 11) is 5.22. The van der Waals surface area contributed by atoms with Gasteiger partial charge in [-0.15, -0.1) is 0 Å². The number of rotatable bonds is 8. The van der Waals surface area contributed by atoms with E-state index in [0.29, 0.717) is 28.4 Å². The van der Waals surface area contributed by atoms with E-state index >= 15 is 0 Å². The Morgan fingerprint density at radius 3 is 2.34 bits per heavy atom. The molecule has 2 amide bonds. The predicted molar refractivity (Wildman–Crippen MR) is 140 cm³/mol. The minimum Gasteiger partial charge on any atom is -0.496 e. The molecule has 2 heterocycles. The Morgan fingerprint density at radius 1 is 1.09 bits per heavy atom. The molecule has 1 unspecified atom stereocenters. The minimum absolute atomic E-state index is 0.102. The van der Waals surface area contributed by atoms with Crippen LogP contribution in [0.3, 0.4) is 0 Å². The van der Waals surface area contributed by atoms with Crippen molar-refractivity contribution in [3.05, 3.63) is 57.6 Å². The number of nitrogens with one attached hydrogen (secondary N) is 2. The Hall–Kier alpha value is -2.48. The van der Waals surface area contributed by atoms with Gasteiger partial charge in [0, 0.05) is 49.9 Å². The van der Waals surface area contributed by atoms with E-state index in [1.165, 1.54) is 12.7 Å². The molecular weight excluding hydrogens is 487 g/mol. The van der Waals surface area contributed by atoms with Crippen LogP contribution >= 0.6 is 23.2 Å². The van der Waals surface area contributed by atoms with Crippen molar-refractivity contribution >= 4 is 40.7 Å². The van der Waals surface area contributed by atoms with Gasteiger partial charge in [-0.25, -0.2) is 0 Å². The first-order chi connectivity index (χ1) is 16.7. The predicted octanol–water partition coefficient (Wildman–Crippen LogP) is 4.11. The number of methoxy groups -OCH3 is 1. The highest BCUT2D eigenvalue weighted by atomic mass is 35.5. The van der Waals surface area contributed by atoms with Gasteiger partial charge in [-0.3, -0.25) is 14.5 Å². The van der Waals surface area contributed by atoms with Crippen LogP contribution < -0.4 is 20.3 Å². The van der Waals surface area contributed by atoms with Crippen LogP contribution in [0.5, 0.6) is 5.75 Å². The van der Waals surface area contributed by atoms with Gasteiger partial charge < -0.3 is 20.3 Å². The second kappa shape index (κ2) is 11.1. The Balaban J connectivity index is 1.29. The van der Waals surface area contributed by atoms with Gasteiger partial charge in [0.2, 0.25) is 5.91 Å². The molecule has 0 aromatic heterocycles. The van der Waals surface area contributed by atoms with Crippen LogP contribution in [0.4, 0.5) is 5.69 Å². The molecule has 2 fully saturated rings. The number of hydrogen-bond donors (Lipinski definition) is 2. The highest BCUT2D eigenvalue weighted by Crippen LogP contribution is 2.37. The van der Waals surface area contributed by atoms with E-state index in [1.54, 1.807) is 12.1 Å². The number of carbonyl (C=O) groups excluding carboxylic acids is 2. The monoisotopic (exact) mass is 518 g/mol. The molecule has 0 spiro atoms. The molecule has 4 rings (SSSR count). The number of hydrogen-bond acceptors (Lipinski definition) is 5. The maximum atomic E-state index is 12.7. The molecule has 2 aliphatic rings. The Bertz CT molecular complexity index is 1060. The lowest BCUT2D eigenvalue weighted by molar-refractivity contribution is -0.121. The van der Waals surface area contributed by atoms with E-state index in [0.717, 1.165) is 42.9 Å². The molecule has 7 nitrogen and oxygen atoms in total. The molecule has 9 heteroatoms. The van der Waals surface area contributed by atoms with Crippen molar-refractivity contribution in [2.75, 3.05) is 32.6 Å². The lowest BCUT2D eigenvalue weighted by Crippen LogP contribution is -2.51. The van der Waals surface area contributed by atoms with E-state index in [4.69, 9.17) is 27.9 Å². The van der Waals surface area contributed by atoms with Gasteiger partial charge in [0.05, 0.1) is 29.9 Å². The topological polar surface area (TPSA) is 73.9 Å². The molecule has 188 valence electrons. The fraction of sp³-hybridized carbons (Fsp3) is 0.462. The van der Waals surface area contributed by atoms with Crippen LogP contribution in [0.15, 0.2) is 36.4 Å². The summed E-state index contributed by atoms with van der Waals surface area (Å²) in [6.07, 6.45) is 4.12. The number of halogens is 2. The third kappa shape index (κ3) is 6.02. The molecule has 2 saturated heterocycles. The van der Waals surface area contributed by atoms with E-state index in [2.05, 4.69) is 27.7 Å². The second-order valence-corrected chi connectivity index (χ2v) is 10.3. The standard InChI is InChI=1S/C26H32Cl2N4O3/c1-31(2)23-13-24(35-3)21(12-22(23)28)26(34)29-14-25(33)30-18-10-19-8-9-20(11-18)32(19)15-16-4-6-17(27)7-5-16/h4-7,12-13,18-20H,8-11,14-15H2,1-3H3,(H,29,34)(H,30,33)/t18?,19-,20+. The van der Waals surface area contributed by atoms with E-state index in [9.17, 15) is 9.59 Å². The number of amides is 2. The summed E-state index contributed by atoms with van der Waals surface area (Å²) in [5, 5.41) is 7.00. The first-order valence-electron chi connectivity index (χ1n) is 11.9. The minimum atomic E-state index is -0.401. The summed E-state index contributed by atoms with van der Waals surface area (Å²) in [6.45, 7) is 0.801. The molecule has 2 aromatic rings. The third-order valence-corrected chi connectivity index (χ3v) is 7.49. The second-order valence-electron chi connectivity index (χ2n) is 9.50. The molecule has 2 bridgehead atoms. The van der Waals surface area contributed by atoms with Gasteiger partial charge >= 0.3 is 0 Å². The van der Waals surface area contributed by atoms with Crippen molar-refractivity contribution in [2.45, 2.75) is 50.4 Å². The number of fused-ring (bicyclic) bond motifs is 2. The normalized spacial score (nSPS) is 21.5. The number of nitrogens with zero attached hydrogens (tertiary/aromatic N) is 2. The zero-order valence-electron chi connectivity index (χ0n) is 20.3. The number of carbonyl (C=O) groups is 2. The molecule has 0 saturated carbocycles. The van der Waals surface area contributed by atoms with Gasteiger partial charge in [-0.1, -0.05) is 35.3 Å². The van der Waals surface area contributed by atoms with Crippen LogP contribution in [0, 0.1) is 0 Å². The Kier molecular flexibility index (Phi) is 8.09. The zero-order valence-corrected chi connectivity index (χ0v) is 21.8. The summed E-state index contributed by atoms with van der Waals surface area (Å²) in [6, 6.07) is 12.3. The lowest BCUT2D eigenvalue weighted by atomic mass is 9.96. The average Bonchev–Trinajstić information content (AvgIpc) is 3.05. The van der Waals surface area contributed by atoms with E-state index in [1.807, 2.05) is 31.1 Å².